The van der Waals surface area contributed by atoms with E-state index >= 15 is 0 Å². The van der Waals surface area contributed by atoms with Crippen LogP contribution in [0.5, 0.6) is 17.2 Å². The molecule has 0 aromatic heterocycles. The van der Waals surface area contributed by atoms with Gasteiger partial charge in [-0.25, -0.2) is 0 Å². The van der Waals surface area contributed by atoms with Crippen LogP contribution in [-0.2, 0) is 5.88 Å². The van der Waals surface area contributed by atoms with Crippen LogP contribution in [-0.4, -0.2) is 7.11 Å². The van der Waals surface area contributed by atoms with Crippen LogP contribution in [0.4, 0.5) is 0 Å². The number of hydrogen-bond donors (Lipinski definition) is 0. The second-order valence-corrected chi connectivity index (χ2v) is 3.83. The van der Waals surface area contributed by atoms with Crippen molar-refractivity contribution in [3.8, 4) is 17.2 Å². The van der Waals surface area contributed by atoms with E-state index in [1.165, 1.54) is 0 Å². The smallest absolute Gasteiger partial charge is 0.127 e. The zero-order valence-electron chi connectivity index (χ0n) is 9.52. The summed E-state index contributed by atoms with van der Waals surface area (Å²) in [7, 11) is 1.64. The Hall–Kier alpha value is -1.67. The van der Waals surface area contributed by atoms with Crippen LogP contribution in [0.2, 0.25) is 0 Å². The molecule has 0 radical (unpaired) electrons. The third-order valence-corrected chi connectivity index (χ3v) is 2.66. The van der Waals surface area contributed by atoms with Gasteiger partial charge in [0.05, 0.1) is 7.11 Å². The fourth-order valence-corrected chi connectivity index (χ4v) is 1.64. The molecular weight excluding hydrogens is 236 g/mol. The predicted octanol–water partition coefficient (Wildman–Crippen LogP) is 4.23. The Morgan fingerprint density at radius 3 is 2.29 bits per heavy atom. The van der Waals surface area contributed by atoms with Gasteiger partial charge >= 0.3 is 0 Å². The van der Waals surface area contributed by atoms with E-state index in [4.69, 9.17) is 21.1 Å². The van der Waals surface area contributed by atoms with Crippen molar-refractivity contribution >= 4 is 11.6 Å². The van der Waals surface area contributed by atoms with Gasteiger partial charge < -0.3 is 9.47 Å². The van der Waals surface area contributed by atoms with Crippen molar-refractivity contribution in [2.24, 2.45) is 0 Å². The van der Waals surface area contributed by atoms with Gasteiger partial charge in [-0.05, 0) is 42.0 Å². The maximum Gasteiger partial charge on any atom is 0.127 e. The first-order chi connectivity index (χ1) is 8.31. The minimum atomic E-state index is 0.486. The molecule has 0 heterocycles. The monoisotopic (exact) mass is 248 g/mol. The number of halogens is 1. The molecule has 0 N–H and O–H groups in total. The summed E-state index contributed by atoms with van der Waals surface area (Å²) in [5.41, 5.74) is 1.04. The summed E-state index contributed by atoms with van der Waals surface area (Å²) >= 11 is 5.77. The fraction of sp³-hybridized carbons (Fsp3) is 0.143. The average Bonchev–Trinajstić information content (AvgIpc) is 2.40. The summed E-state index contributed by atoms with van der Waals surface area (Å²) in [6.45, 7) is 0. The molecule has 0 fully saturated rings. The molecule has 88 valence electrons. The summed E-state index contributed by atoms with van der Waals surface area (Å²) < 4.78 is 10.8. The lowest BCUT2D eigenvalue weighted by Gasteiger charge is -2.07. The van der Waals surface area contributed by atoms with Crippen LogP contribution in [0.1, 0.15) is 5.56 Å². The zero-order valence-corrected chi connectivity index (χ0v) is 10.3. The van der Waals surface area contributed by atoms with Crippen LogP contribution in [0.25, 0.3) is 0 Å². The van der Waals surface area contributed by atoms with E-state index in [1.807, 2.05) is 48.5 Å². The quantitative estimate of drug-likeness (QED) is 0.754. The number of alkyl halides is 1. The number of methoxy groups -OCH3 is 1. The van der Waals surface area contributed by atoms with Gasteiger partial charge in [0.1, 0.15) is 17.2 Å². The van der Waals surface area contributed by atoms with Crippen LogP contribution in [0.3, 0.4) is 0 Å². The van der Waals surface area contributed by atoms with Gasteiger partial charge in [-0.1, -0.05) is 12.1 Å². The average molecular weight is 249 g/mol. The Morgan fingerprint density at radius 1 is 0.941 bits per heavy atom. The Kier molecular flexibility index (Phi) is 3.89. The molecular formula is C14H13ClO2. The molecule has 0 unspecified atom stereocenters. The van der Waals surface area contributed by atoms with E-state index in [1.54, 1.807) is 7.11 Å². The Bertz CT molecular complexity index is 480. The molecule has 2 aromatic rings. The fourth-order valence-electron chi connectivity index (χ4n) is 1.47. The lowest BCUT2D eigenvalue weighted by Crippen LogP contribution is -1.86. The molecule has 0 saturated carbocycles. The van der Waals surface area contributed by atoms with Crippen LogP contribution < -0.4 is 9.47 Å². The molecule has 0 aliphatic heterocycles. The van der Waals surface area contributed by atoms with Crippen molar-refractivity contribution in [1.82, 2.24) is 0 Å². The topological polar surface area (TPSA) is 18.5 Å². The molecule has 0 atom stereocenters. The van der Waals surface area contributed by atoms with Gasteiger partial charge in [0.15, 0.2) is 0 Å². The molecule has 0 bridgehead atoms. The van der Waals surface area contributed by atoms with Gasteiger partial charge in [0.25, 0.3) is 0 Å². The van der Waals surface area contributed by atoms with E-state index in [2.05, 4.69) is 0 Å². The van der Waals surface area contributed by atoms with Crippen LogP contribution in [0, 0.1) is 0 Å². The van der Waals surface area contributed by atoms with Crippen molar-refractivity contribution in [3.63, 3.8) is 0 Å². The largest absolute Gasteiger partial charge is 0.497 e. The van der Waals surface area contributed by atoms with Crippen molar-refractivity contribution in [2.75, 3.05) is 7.11 Å². The summed E-state index contributed by atoms with van der Waals surface area (Å²) in [6, 6.07) is 15.2. The standard InChI is InChI=1S/C14H13ClO2/c1-16-12-5-7-13(8-6-12)17-14-4-2-3-11(9-14)10-15/h2-9H,10H2,1H3. The third kappa shape index (κ3) is 3.14. The molecule has 17 heavy (non-hydrogen) atoms. The molecule has 0 aliphatic carbocycles. The lowest BCUT2D eigenvalue weighted by molar-refractivity contribution is 0.413. The van der Waals surface area contributed by atoms with E-state index in [9.17, 15) is 0 Å². The van der Waals surface area contributed by atoms with Gasteiger partial charge in [-0.3, -0.25) is 0 Å². The molecule has 3 heteroatoms. The molecule has 2 nitrogen and oxygen atoms in total. The predicted molar refractivity (Wildman–Crippen MR) is 69.1 cm³/mol. The summed E-state index contributed by atoms with van der Waals surface area (Å²) in [6.07, 6.45) is 0. The zero-order chi connectivity index (χ0) is 12.1. The third-order valence-electron chi connectivity index (χ3n) is 2.35. The normalized spacial score (nSPS) is 10.0. The Balaban J connectivity index is 2.13. The van der Waals surface area contributed by atoms with Gasteiger partial charge in [-0.2, -0.15) is 0 Å². The lowest BCUT2D eigenvalue weighted by atomic mass is 10.2. The van der Waals surface area contributed by atoms with Gasteiger partial charge in [-0.15, -0.1) is 11.6 Å². The maximum absolute atomic E-state index is 5.77. The second kappa shape index (κ2) is 5.60. The Labute approximate surface area is 106 Å². The summed E-state index contributed by atoms with van der Waals surface area (Å²) in [5, 5.41) is 0. The number of benzene rings is 2. The summed E-state index contributed by atoms with van der Waals surface area (Å²) in [5.74, 6) is 2.86. The minimum absolute atomic E-state index is 0.486. The molecule has 0 spiro atoms. The highest BCUT2D eigenvalue weighted by Gasteiger charge is 1.99. The molecule has 2 rings (SSSR count). The van der Waals surface area contributed by atoms with Crippen molar-refractivity contribution in [2.45, 2.75) is 5.88 Å². The van der Waals surface area contributed by atoms with E-state index in [0.717, 1.165) is 22.8 Å². The Morgan fingerprint density at radius 2 is 1.65 bits per heavy atom. The van der Waals surface area contributed by atoms with Crippen molar-refractivity contribution in [3.05, 3.63) is 54.1 Å². The first-order valence-corrected chi connectivity index (χ1v) is 5.82. The van der Waals surface area contributed by atoms with Gasteiger partial charge in [0, 0.05) is 5.88 Å². The van der Waals surface area contributed by atoms with Crippen molar-refractivity contribution < 1.29 is 9.47 Å². The van der Waals surface area contributed by atoms with Gasteiger partial charge in [0.2, 0.25) is 0 Å². The number of hydrogen-bond acceptors (Lipinski definition) is 2. The second-order valence-electron chi connectivity index (χ2n) is 3.56. The molecule has 0 saturated heterocycles. The summed E-state index contributed by atoms with van der Waals surface area (Å²) in [4.78, 5) is 0. The van der Waals surface area contributed by atoms with Crippen LogP contribution >= 0.6 is 11.6 Å². The van der Waals surface area contributed by atoms with Crippen molar-refractivity contribution in [1.29, 1.82) is 0 Å². The molecule has 0 amide bonds. The molecule has 0 aliphatic rings. The SMILES string of the molecule is COc1ccc(Oc2cccc(CCl)c2)cc1. The highest BCUT2D eigenvalue weighted by Crippen LogP contribution is 2.24. The molecule has 2 aromatic carbocycles. The highest BCUT2D eigenvalue weighted by atomic mass is 35.5. The number of ether oxygens (including phenoxy) is 2. The minimum Gasteiger partial charge on any atom is -0.497 e. The highest BCUT2D eigenvalue weighted by molar-refractivity contribution is 6.17. The van der Waals surface area contributed by atoms with E-state index < -0.39 is 0 Å². The number of rotatable bonds is 4. The first-order valence-electron chi connectivity index (χ1n) is 5.28. The van der Waals surface area contributed by atoms with E-state index in [-0.39, 0.29) is 0 Å². The van der Waals surface area contributed by atoms with Crippen LogP contribution in [0.15, 0.2) is 48.5 Å². The maximum atomic E-state index is 5.77. The first kappa shape index (κ1) is 11.8. The van der Waals surface area contributed by atoms with E-state index in [0.29, 0.717) is 5.88 Å².